The van der Waals surface area contributed by atoms with Gasteiger partial charge in [-0.2, -0.15) is 0 Å². The molecule has 0 radical (unpaired) electrons. The van der Waals surface area contributed by atoms with Crippen LogP contribution < -0.4 is 5.32 Å². The number of β-lactam (4-membered cyclic amide) rings is 1. The van der Waals surface area contributed by atoms with E-state index >= 15 is 0 Å². The standard InChI is InChI=1S/C17H19N7O5S4/c1-23-17(19-21-22-23)33-6-8-5-32-15-11(14(26)24(15)12(8)16(27)28)18-13(25)10(20-29-2)9-7-30-3-4-31-9/h7,11,15H,3-6H2,1-2H3,(H,18,25)(H,27,28)/b20-10+. The molecule has 4 rings (SSSR count). The van der Waals surface area contributed by atoms with Gasteiger partial charge in [-0.3, -0.25) is 14.5 Å². The number of aromatic nitrogens is 4. The summed E-state index contributed by atoms with van der Waals surface area (Å²) in [5.74, 6) is 0.294. The van der Waals surface area contributed by atoms with Gasteiger partial charge in [0.1, 0.15) is 24.2 Å². The molecule has 1 fully saturated rings. The van der Waals surface area contributed by atoms with Crippen molar-refractivity contribution < 1.29 is 24.3 Å². The van der Waals surface area contributed by atoms with Crippen molar-refractivity contribution in [3.05, 3.63) is 21.6 Å². The number of fused-ring (bicyclic) bond motifs is 1. The quantitative estimate of drug-likeness (QED) is 0.207. The molecule has 12 nitrogen and oxygen atoms in total. The van der Waals surface area contributed by atoms with Crippen LogP contribution >= 0.6 is 47.0 Å². The molecular formula is C17H19N7O5S4. The van der Waals surface area contributed by atoms with Gasteiger partial charge in [0.15, 0.2) is 5.71 Å². The minimum Gasteiger partial charge on any atom is -0.477 e. The predicted molar refractivity (Wildman–Crippen MR) is 127 cm³/mol. The van der Waals surface area contributed by atoms with Crippen molar-refractivity contribution in [3.63, 3.8) is 0 Å². The lowest BCUT2D eigenvalue weighted by Gasteiger charge is -2.49. The van der Waals surface area contributed by atoms with Gasteiger partial charge >= 0.3 is 5.97 Å². The van der Waals surface area contributed by atoms with E-state index in [0.717, 1.165) is 11.5 Å². The second-order valence-electron chi connectivity index (χ2n) is 6.82. The molecule has 1 saturated heterocycles. The molecule has 3 aliphatic heterocycles. The molecule has 0 bridgehead atoms. The van der Waals surface area contributed by atoms with E-state index in [4.69, 9.17) is 4.84 Å². The maximum Gasteiger partial charge on any atom is 0.352 e. The molecule has 2 unspecified atom stereocenters. The van der Waals surface area contributed by atoms with Crippen LogP contribution in [0.2, 0.25) is 0 Å². The number of aryl methyl sites for hydroxylation is 1. The number of thioether (sulfide) groups is 4. The van der Waals surface area contributed by atoms with Crippen molar-refractivity contribution in [1.29, 1.82) is 0 Å². The number of aliphatic carboxylic acids is 1. The van der Waals surface area contributed by atoms with Crippen LogP contribution in [0.1, 0.15) is 0 Å². The van der Waals surface area contributed by atoms with Crippen LogP contribution in [0, 0.1) is 0 Å². The van der Waals surface area contributed by atoms with Gasteiger partial charge in [-0.1, -0.05) is 16.9 Å². The Bertz CT molecular complexity index is 1070. The molecule has 176 valence electrons. The zero-order valence-corrected chi connectivity index (χ0v) is 20.7. The molecular weight excluding hydrogens is 510 g/mol. The average Bonchev–Trinajstić information content (AvgIpc) is 3.23. The zero-order chi connectivity index (χ0) is 23.5. The fraction of sp³-hybridized carbons (Fsp3) is 0.471. The van der Waals surface area contributed by atoms with E-state index < -0.39 is 29.2 Å². The molecule has 2 atom stereocenters. The van der Waals surface area contributed by atoms with Crippen molar-refractivity contribution in [2.24, 2.45) is 12.2 Å². The summed E-state index contributed by atoms with van der Waals surface area (Å²) in [6.07, 6.45) is 0. The minimum atomic E-state index is -1.19. The maximum absolute atomic E-state index is 12.9. The third kappa shape index (κ3) is 4.88. The van der Waals surface area contributed by atoms with Crippen LogP contribution in [-0.4, -0.2) is 95.2 Å². The summed E-state index contributed by atoms with van der Waals surface area (Å²) >= 11 is 5.76. The van der Waals surface area contributed by atoms with Crippen molar-refractivity contribution in [2.75, 3.05) is 30.1 Å². The van der Waals surface area contributed by atoms with Gasteiger partial charge in [0.2, 0.25) is 5.16 Å². The first-order chi connectivity index (χ1) is 15.9. The van der Waals surface area contributed by atoms with Crippen molar-refractivity contribution >= 4 is 70.5 Å². The van der Waals surface area contributed by atoms with E-state index in [2.05, 4.69) is 26.0 Å². The van der Waals surface area contributed by atoms with Crippen LogP contribution in [0.3, 0.4) is 0 Å². The van der Waals surface area contributed by atoms with E-state index in [-0.39, 0.29) is 11.4 Å². The Kier molecular flexibility index (Phi) is 7.55. The van der Waals surface area contributed by atoms with Gasteiger partial charge in [0.05, 0.1) is 0 Å². The predicted octanol–water partition coefficient (Wildman–Crippen LogP) is 0.365. The topological polar surface area (TPSA) is 152 Å². The Morgan fingerprint density at radius 3 is 2.88 bits per heavy atom. The molecule has 16 heteroatoms. The van der Waals surface area contributed by atoms with Crippen molar-refractivity contribution in [3.8, 4) is 0 Å². The average molecular weight is 530 g/mol. The number of hydrogen-bond acceptors (Lipinski definition) is 12. The zero-order valence-electron chi connectivity index (χ0n) is 17.5. The highest BCUT2D eigenvalue weighted by atomic mass is 32.2. The number of carboxylic acid groups (broad SMARTS) is 1. The molecule has 0 spiro atoms. The number of rotatable bonds is 8. The van der Waals surface area contributed by atoms with Crippen molar-refractivity contribution in [2.45, 2.75) is 16.6 Å². The maximum atomic E-state index is 12.9. The van der Waals surface area contributed by atoms with Crippen LogP contribution in [0.5, 0.6) is 0 Å². The summed E-state index contributed by atoms with van der Waals surface area (Å²) in [6, 6.07) is -0.849. The first-order valence-electron chi connectivity index (χ1n) is 9.54. The lowest BCUT2D eigenvalue weighted by molar-refractivity contribution is -0.150. The SMILES string of the molecule is CO/N=C(/C(=O)NC1C(=O)N2C(C(=O)O)=C(CSc3nnnn3C)CSC12)C1=CSCCS1. The molecule has 2 amide bonds. The molecule has 2 N–H and O–H groups in total. The molecule has 33 heavy (non-hydrogen) atoms. The lowest BCUT2D eigenvalue weighted by Crippen LogP contribution is -2.71. The second-order valence-corrected chi connectivity index (χ2v) is 11.0. The summed E-state index contributed by atoms with van der Waals surface area (Å²) in [4.78, 5) is 44.5. The summed E-state index contributed by atoms with van der Waals surface area (Å²) < 4.78 is 1.49. The summed E-state index contributed by atoms with van der Waals surface area (Å²) in [6.45, 7) is 0. The number of oxime groups is 1. The molecule has 3 aliphatic rings. The normalized spacial score (nSPS) is 23.0. The fourth-order valence-electron chi connectivity index (χ4n) is 3.28. The Morgan fingerprint density at radius 1 is 1.42 bits per heavy atom. The monoisotopic (exact) mass is 529 g/mol. The molecule has 1 aromatic heterocycles. The number of carbonyl (C=O) groups excluding carboxylic acids is 2. The molecule has 4 heterocycles. The highest BCUT2D eigenvalue weighted by Gasteiger charge is 2.54. The van der Waals surface area contributed by atoms with Crippen molar-refractivity contribution in [1.82, 2.24) is 30.4 Å². The number of hydrogen-bond donors (Lipinski definition) is 2. The Morgan fingerprint density at radius 2 is 2.24 bits per heavy atom. The smallest absolute Gasteiger partial charge is 0.352 e. The number of carboxylic acids is 1. The highest BCUT2D eigenvalue weighted by Crippen LogP contribution is 2.41. The number of amides is 2. The highest BCUT2D eigenvalue weighted by molar-refractivity contribution is 8.10. The van der Waals surface area contributed by atoms with Crippen LogP contribution in [0.4, 0.5) is 0 Å². The minimum absolute atomic E-state index is 0.0513. The van der Waals surface area contributed by atoms with Crippen LogP contribution in [0.15, 0.2) is 31.9 Å². The van der Waals surface area contributed by atoms with Crippen LogP contribution in [0.25, 0.3) is 0 Å². The second kappa shape index (κ2) is 10.4. The first-order valence-corrected chi connectivity index (χ1v) is 13.6. The first kappa shape index (κ1) is 24.0. The largest absolute Gasteiger partial charge is 0.477 e. The van der Waals surface area contributed by atoms with Crippen LogP contribution in [-0.2, 0) is 26.3 Å². The number of tetrazole rings is 1. The lowest BCUT2D eigenvalue weighted by atomic mass is 10.0. The van der Waals surface area contributed by atoms with Gasteiger partial charge in [-0.05, 0) is 21.4 Å². The number of nitrogens with one attached hydrogen (secondary N) is 1. The Hall–Kier alpha value is -2.17. The van der Waals surface area contributed by atoms with E-state index in [1.54, 1.807) is 18.8 Å². The summed E-state index contributed by atoms with van der Waals surface area (Å²) in [5, 5.41) is 29.4. The molecule has 0 saturated carbocycles. The fourth-order valence-corrected chi connectivity index (χ4v) is 7.68. The van der Waals surface area contributed by atoms with Gasteiger partial charge in [-0.25, -0.2) is 9.48 Å². The third-order valence-corrected chi connectivity index (χ3v) is 9.49. The Labute approximate surface area is 205 Å². The van der Waals surface area contributed by atoms with E-state index in [9.17, 15) is 19.5 Å². The van der Waals surface area contributed by atoms with Gasteiger partial charge < -0.3 is 15.3 Å². The molecule has 1 aromatic rings. The van der Waals surface area contributed by atoms with E-state index in [1.165, 1.54) is 52.0 Å². The number of carbonyl (C=O) groups is 3. The van der Waals surface area contributed by atoms with Gasteiger partial charge in [0.25, 0.3) is 11.8 Å². The van der Waals surface area contributed by atoms with Gasteiger partial charge in [-0.15, -0.1) is 40.4 Å². The van der Waals surface area contributed by atoms with Gasteiger partial charge in [0, 0.05) is 35.0 Å². The third-order valence-electron chi connectivity index (χ3n) is 4.77. The summed E-state index contributed by atoms with van der Waals surface area (Å²) in [7, 11) is 3.04. The van der Waals surface area contributed by atoms with E-state index in [0.29, 0.717) is 27.1 Å². The molecule has 0 aromatic carbocycles. The Balaban J connectivity index is 1.48. The summed E-state index contributed by atoms with van der Waals surface area (Å²) in [5.41, 5.74) is 0.645. The van der Waals surface area contributed by atoms with E-state index in [1.807, 2.05) is 5.41 Å². The number of nitrogens with zero attached hydrogens (tertiary/aromatic N) is 6. The molecule has 0 aliphatic carbocycles.